The molecule has 3 rings (SSSR count). The van der Waals surface area contributed by atoms with Gasteiger partial charge in [0.1, 0.15) is 17.1 Å². The molecule has 2 aromatic carbocycles. The van der Waals surface area contributed by atoms with Gasteiger partial charge in [0.25, 0.3) is 11.8 Å². The van der Waals surface area contributed by atoms with E-state index in [1.165, 1.54) is 31.4 Å². The third-order valence-corrected chi connectivity index (χ3v) is 4.21. The number of carbonyl (C=O) groups excluding carboxylic acids is 2. The lowest BCUT2D eigenvalue weighted by atomic mass is 10.1. The summed E-state index contributed by atoms with van der Waals surface area (Å²) >= 11 is 11.0. The smallest absolute Gasteiger partial charge is 0.270 e. The van der Waals surface area contributed by atoms with E-state index >= 15 is 0 Å². The van der Waals surface area contributed by atoms with E-state index in [4.69, 9.17) is 28.6 Å². The molecule has 8 heteroatoms. The van der Waals surface area contributed by atoms with Gasteiger partial charge in [-0.25, -0.2) is 9.29 Å². The van der Waals surface area contributed by atoms with Crippen molar-refractivity contribution in [3.05, 3.63) is 64.4 Å². The second-order valence-corrected chi connectivity index (χ2v) is 6.12. The molecule has 5 nitrogen and oxygen atoms in total. The van der Waals surface area contributed by atoms with Crippen LogP contribution in [0.5, 0.6) is 5.75 Å². The standard InChI is InChI=1S/C18H12ClFN2O3S/c1-25-15-7-6-11(19)8-10(15)9-12-16(23)21-18(26)22(17(12)24)14-5-3-2-4-13(14)20/h2-9H,1H3,(H,21,23,26)/b12-9+. The number of hydrogen-bond acceptors (Lipinski definition) is 4. The number of anilines is 1. The fraction of sp³-hybridized carbons (Fsp3) is 0.0556. The van der Waals surface area contributed by atoms with Gasteiger partial charge in [0.2, 0.25) is 0 Å². The van der Waals surface area contributed by atoms with Crippen molar-refractivity contribution < 1.29 is 18.7 Å². The van der Waals surface area contributed by atoms with Crippen LogP contribution in [0.4, 0.5) is 10.1 Å². The molecule has 0 aromatic heterocycles. The van der Waals surface area contributed by atoms with Crippen LogP contribution in [0.3, 0.4) is 0 Å². The van der Waals surface area contributed by atoms with E-state index in [1.54, 1.807) is 24.3 Å². The van der Waals surface area contributed by atoms with Crippen LogP contribution < -0.4 is 15.0 Å². The average Bonchev–Trinajstić information content (AvgIpc) is 2.60. The number of amides is 2. The van der Waals surface area contributed by atoms with Gasteiger partial charge in [-0.15, -0.1) is 0 Å². The summed E-state index contributed by atoms with van der Waals surface area (Å²) in [5.74, 6) is -1.65. The molecule has 132 valence electrons. The zero-order valence-electron chi connectivity index (χ0n) is 13.5. The molecule has 0 atom stereocenters. The van der Waals surface area contributed by atoms with Gasteiger partial charge in [-0.2, -0.15) is 0 Å². The van der Waals surface area contributed by atoms with E-state index in [0.29, 0.717) is 16.3 Å². The molecule has 0 spiro atoms. The van der Waals surface area contributed by atoms with Crippen molar-refractivity contribution in [3.63, 3.8) is 0 Å². The summed E-state index contributed by atoms with van der Waals surface area (Å²) in [6.45, 7) is 0. The first-order chi connectivity index (χ1) is 12.4. The molecule has 0 radical (unpaired) electrons. The minimum Gasteiger partial charge on any atom is -0.496 e. The largest absolute Gasteiger partial charge is 0.496 e. The molecule has 1 fully saturated rings. The molecule has 1 heterocycles. The molecule has 26 heavy (non-hydrogen) atoms. The monoisotopic (exact) mass is 390 g/mol. The number of rotatable bonds is 3. The molecule has 0 saturated carbocycles. The average molecular weight is 391 g/mol. The van der Waals surface area contributed by atoms with Crippen molar-refractivity contribution in [3.8, 4) is 5.75 Å². The van der Waals surface area contributed by atoms with Crippen LogP contribution in [0.1, 0.15) is 5.56 Å². The maximum absolute atomic E-state index is 14.1. The number of methoxy groups -OCH3 is 1. The Morgan fingerprint density at radius 2 is 1.96 bits per heavy atom. The lowest BCUT2D eigenvalue weighted by Gasteiger charge is -2.29. The van der Waals surface area contributed by atoms with Crippen LogP contribution in [0.25, 0.3) is 6.08 Å². The van der Waals surface area contributed by atoms with Crippen LogP contribution in [0.2, 0.25) is 5.02 Å². The Morgan fingerprint density at radius 3 is 2.65 bits per heavy atom. The molecule has 1 aliphatic rings. The highest BCUT2D eigenvalue weighted by molar-refractivity contribution is 7.80. The molecule has 1 saturated heterocycles. The number of thiocarbonyl (C=S) groups is 1. The molecule has 1 N–H and O–H groups in total. The Hall–Kier alpha value is -2.77. The van der Waals surface area contributed by atoms with E-state index in [9.17, 15) is 14.0 Å². The van der Waals surface area contributed by atoms with Crippen LogP contribution in [0.15, 0.2) is 48.0 Å². The number of halogens is 2. The lowest BCUT2D eigenvalue weighted by molar-refractivity contribution is -0.122. The number of nitrogens with zero attached hydrogens (tertiary/aromatic N) is 1. The summed E-state index contributed by atoms with van der Waals surface area (Å²) in [7, 11) is 1.45. The highest BCUT2D eigenvalue weighted by atomic mass is 35.5. The van der Waals surface area contributed by atoms with E-state index in [-0.39, 0.29) is 16.4 Å². The fourth-order valence-electron chi connectivity index (χ4n) is 2.48. The number of carbonyl (C=O) groups is 2. The number of para-hydroxylation sites is 1. The molecule has 2 amide bonds. The Kier molecular flexibility index (Phi) is 5.01. The summed E-state index contributed by atoms with van der Waals surface area (Å²) < 4.78 is 19.3. The quantitative estimate of drug-likeness (QED) is 0.496. The van der Waals surface area contributed by atoms with Gasteiger partial charge >= 0.3 is 0 Å². The zero-order valence-corrected chi connectivity index (χ0v) is 15.0. The van der Waals surface area contributed by atoms with Crippen molar-refractivity contribution in [1.29, 1.82) is 0 Å². The lowest BCUT2D eigenvalue weighted by Crippen LogP contribution is -2.54. The second kappa shape index (κ2) is 7.23. The van der Waals surface area contributed by atoms with E-state index < -0.39 is 17.6 Å². The predicted octanol–water partition coefficient (Wildman–Crippen LogP) is 3.32. The van der Waals surface area contributed by atoms with Crippen LogP contribution >= 0.6 is 23.8 Å². The van der Waals surface area contributed by atoms with E-state index in [1.807, 2.05) is 0 Å². The third-order valence-electron chi connectivity index (χ3n) is 3.69. The van der Waals surface area contributed by atoms with E-state index in [0.717, 1.165) is 4.90 Å². The Balaban J connectivity index is 2.09. The first-order valence-electron chi connectivity index (χ1n) is 7.42. The van der Waals surface area contributed by atoms with Gasteiger partial charge in [0.15, 0.2) is 5.11 Å². The third kappa shape index (κ3) is 3.31. The summed E-state index contributed by atoms with van der Waals surface area (Å²) in [6.07, 6.45) is 1.33. The first kappa shape index (κ1) is 18.0. The zero-order chi connectivity index (χ0) is 18.8. The summed E-state index contributed by atoms with van der Waals surface area (Å²) in [6, 6.07) is 10.4. The Morgan fingerprint density at radius 1 is 1.23 bits per heavy atom. The number of nitrogens with one attached hydrogen (secondary N) is 1. The van der Waals surface area contributed by atoms with Gasteiger partial charge in [-0.05, 0) is 48.6 Å². The van der Waals surface area contributed by atoms with Gasteiger partial charge in [0, 0.05) is 10.6 Å². The summed E-state index contributed by atoms with van der Waals surface area (Å²) in [5, 5.41) is 2.61. The molecule has 0 aliphatic carbocycles. The molecular weight excluding hydrogens is 379 g/mol. The molecule has 0 unspecified atom stereocenters. The van der Waals surface area contributed by atoms with Gasteiger partial charge in [-0.3, -0.25) is 14.9 Å². The van der Waals surface area contributed by atoms with Gasteiger partial charge < -0.3 is 4.74 Å². The first-order valence-corrected chi connectivity index (χ1v) is 8.20. The number of ether oxygens (including phenoxy) is 1. The minimum absolute atomic E-state index is 0.0496. The van der Waals surface area contributed by atoms with Crippen molar-refractivity contribution in [2.45, 2.75) is 0 Å². The molecule has 2 aromatic rings. The molecular formula is C18H12ClFN2O3S. The number of benzene rings is 2. The minimum atomic E-state index is -0.745. The van der Waals surface area contributed by atoms with Crippen molar-refractivity contribution in [1.82, 2.24) is 5.32 Å². The maximum Gasteiger partial charge on any atom is 0.270 e. The highest BCUT2D eigenvalue weighted by Crippen LogP contribution is 2.28. The van der Waals surface area contributed by atoms with Crippen molar-refractivity contribution in [2.24, 2.45) is 0 Å². The van der Waals surface area contributed by atoms with Crippen LogP contribution in [-0.4, -0.2) is 24.0 Å². The highest BCUT2D eigenvalue weighted by Gasteiger charge is 2.35. The van der Waals surface area contributed by atoms with Gasteiger partial charge in [0.05, 0.1) is 12.8 Å². The van der Waals surface area contributed by atoms with Crippen molar-refractivity contribution >= 4 is 52.5 Å². The van der Waals surface area contributed by atoms with E-state index in [2.05, 4.69) is 5.32 Å². The SMILES string of the molecule is COc1ccc(Cl)cc1/C=C1\C(=O)NC(=S)N(c2ccccc2F)C1=O. The number of hydrogen-bond donors (Lipinski definition) is 1. The fourth-order valence-corrected chi connectivity index (χ4v) is 2.94. The molecule has 1 aliphatic heterocycles. The van der Waals surface area contributed by atoms with Crippen LogP contribution in [-0.2, 0) is 9.59 Å². The predicted molar refractivity (Wildman–Crippen MR) is 101 cm³/mol. The topological polar surface area (TPSA) is 58.6 Å². The van der Waals surface area contributed by atoms with Crippen molar-refractivity contribution in [2.75, 3.05) is 12.0 Å². The maximum atomic E-state index is 14.1. The van der Waals surface area contributed by atoms with Gasteiger partial charge in [-0.1, -0.05) is 23.7 Å². The normalized spacial score (nSPS) is 16.0. The summed E-state index contributed by atoms with van der Waals surface area (Å²) in [5.41, 5.74) is 0.161. The second-order valence-electron chi connectivity index (χ2n) is 5.30. The Bertz CT molecular complexity index is 961. The Labute approximate surface area is 159 Å². The van der Waals surface area contributed by atoms with Crippen LogP contribution in [0, 0.1) is 5.82 Å². The summed E-state index contributed by atoms with van der Waals surface area (Å²) in [4.78, 5) is 26.1. The molecule has 0 bridgehead atoms.